The Morgan fingerprint density at radius 3 is 2.32 bits per heavy atom. The van der Waals surface area contributed by atoms with Crippen molar-refractivity contribution in [1.29, 1.82) is 0 Å². The number of aromatic nitrogens is 1. The van der Waals surface area contributed by atoms with Gasteiger partial charge in [0.2, 0.25) is 10.0 Å². The Kier molecular flexibility index (Phi) is 5.44. The van der Waals surface area contributed by atoms with E-state index in [0.717, 1.165) is 12.3 Å². The first-order chi connectivity index (χ1) is 8.93. The minimum Gasteiger partial charge on any atom is -0.478 e. The molecule has 19 heavy (non-hydrogen) atoms. The second-order valence-corrected chi connectivity index (χ2v) is 6.06. The van der Waals surface area contributed by atoms with Gasteiger partial charge in [-0.2, -0.15) is 4.31 Å². The van der Waals surface area contributed by atoms with Crippen molar-refractivity contribution in [2.24, 2.45) is 0 Å². The van der Waals surface area contributed by atoms with Crippen molar-refractivity contribution >= 4 is 16.0 Å². The van der Waals surface area contributed by atoms with E-state index in [1.807, 2.05) is 13.8 Å². The molecule has 0 saturated heterocycles. The number of carboxylic acid groups (broad SMARTS) is 1. The third kappa shape index (κ3) is 3.74. The molecule has 1 N–H and O–H groups in total. The molecule has 1 aromatic heterocycles. The van der Waals surface area contributed by atoms with Crippen LogP contribution < -0.4 is 0 Å². The highest BCUT2D eigenvalue weighted by Crippen LogP contribution is 2.16. The van der Waals surface area contributed by atoms with Crippen LogP contribution in [0.15, 0.2) is 23.4 Å². The van der Waals surface area contributed by atoms with E-state index in [-0.39, 0.29) is 10.5 Å². The highest BCUT2D eigenvalue weighted by molar-refractivity contribution is 7.89. The minimum absolute atomic E-state index is 0.0747. The van der Waals surface area contributed by atoms with Gasteiger partial charge in [0.15, 0.2) is 0 Å². The fourth-order valence-corrected chi connectivity index (χ4v) is 3.29. The van der Waals surface area contributed by atoms with E-state index < -0.39 is 16.0 Å². The zero-order valence-corrected chi connectivity index (χ0v) is 11.9. The van der Waals surface area contributed by atoms with Gasteiger partial charge in [0.1, 0.15) is 4.90 Å². The van der Waals surface area contributed by atoms with Crippen LogP contribution in [-0.4, -0.2) is 41.9 Å². The smallest absolute Gasteiger partial charge is 0.337 e. The minimum atomic E-state index is -3.67. The number of hydrogen-bond acceptors (Lipinski definition) is 4. The van der Waals surface area contributed by atoms with Crippen LogP contribution >= 0.6 is 0 Å². The van der Waals surface area contributed by atoms with Crippen LogP contribution in [0.5, 0.6) is 0 Å². The summed E-state index contributed by atoms with van der Waals surface area (Å²) in [5.74, 6) is -1.19. The van der Waals surface area contributed by atoms with Gasteiger partial charge in [-0.1, -0.05) is 13.8 Å². The summed E-state index contributed by atoms with van der Waals surface area (Å²) in [7, 11) is -3.67. The molecule has 0 radical (unpaired) electrons. The number of hydrogen-bond donors (Lipinski definition) is 1. The van der Waals surface area contributed by atoms with Crippen LogP contribution in [-0.2, 0) is 10.0 Å². The molecule has 1 rings (SSSR count). The first-order valence-electron chi connectivity index (χ1n) is 6.12. The quantitative estimate of drug-likeness (QED) is 0.822. The third-order valence-corrected chi connectivity index (χ3v) is 4.41. The van der Waals surface area contributed by atoms with Gasteiger partial charge in [-0.05, 0) is 18.9 Å². The molecule has 0 fully saturated rings. The second-order valence-electron chi connectivity index (χ2n) is 4.12. The predicted molar refractivity (Wildman–Crippen MR) is 70.5 cm³/mol. The molecule has 106 valence electrons. The van der Waals surface area contributed by atoms with Crippen molar-refractivity contribution in [2.75, 3.05) is 13.1 Å². The number of pyridine rings is 1. The summed E-state index contributed by atoms with van der Waals surface area (Å²) in [4.78, 5) is 14.5. The SMILES string of the molecule is CCCN(CCC)S(=O)(=O)c1cncc(C(=O)O)c1. The first-order valence-corrected chi connectivity index (χ1v) is 7.56. The summed E-state index contributed by atoms with van der Waals surface area (Å²) in [6.07, 6.45) is 3.71. The Morgan fingerprint density at radius 1 is 1.26 bits per heavy atom. The van der Waals surface area contributed by atoms with Gasteiger partial charge in [0.25, 0.3) is 0 Å². The monoisotopic (exact) mass is 286 g/mol. The summed E-state index contributed by atoms with van der Waals surface area (Å²) < 4.78 is 26.1. The molecule has 0 aliphatic rings. The zero-order valence-electron chi connectivity index (χ0n) is 11.0. The lowest BCUT2D eigenvalue weighted by Crippen LogP contribution is -2.32. The van der Waals surface area contributed by atoms with Gasteiger partial charge in [0, 0.05) is 25.5 Å². The molecule has 0 bridgehead atoms. The van der Waals surface area contributed by atoms with Gasteiger partial charge in [-0.25, -0.2) is 13.2 Å². The molecule has 7 heteroatoms. The van der Waals surface area contributed by atoms with Gasteiger partial charge < -0.3 is 5.11 Å². The zero-order chi connectivity index (χ0) is 14.5. The highest BCUT2D eigenvalue weighted by Gasteiger charge is 2.24. The molecular weight excluding hydrogens is 268 g/mol. The van der Waals surface area contributed by atoms with Crippen LogP contribution in [0, 0.1) is 0 Å². The number of carbonyl (C=O) groups is 1. The predicted octanol–water partition coefficient (Wildman–Crippen LogP) is 1.59. The largest absolute Gasteiger partial charge is 0.478 e. The first kappa shape index (κ1) is 15.6. The van der Waals surface area contributed by atoms with Gasteiger partial charge in [-0.3, -0.25) is 4.98 Å². The Morgan fingerprint density at radius 2 is 1.84 bits per heavy atom. The average molecular weight is 286 g/mol. The van der Waals surface area contributed by atoms with Crippen LogP contribution in [0.1, 0.15) is 37.0 Å². The maximum atomic E-state index is 12.4. The molecule has 0 aliphatic carbocycles. The Balaban J connectivity index is 3.17. The normalized spacial score (nSPS) is 11.7. The molecule has 1 heterocycles. The fraction of sp³-hybridized carbons (Fsp3) is 0.500. The molecule has 0 atom stereocenters. The van der Waals surface area contributed by atoms with Gasteiger partial charge in [-0.15, -0.1) is 0 Å². The maximum Gasteiger partial charge on any atom is 0.337 e. The molecule has 0 spiro atoms. The number of nitrogens with zero attached hydrogens (tertiary/aromatic N) is 2. The standard InChI is InChI=1S/C12H18N2O4S/c1-3-5-14(6-4-2)19(17,18)11-7-10(12(15)16)8-13-9-11/h7-9H,3-6H2,1-2H3,(H,15,16). The second kappa shape index (κ2) is 6.63. The number of aromatic carboxylic acids is 1. The number of carboxylic acids is 1. The molecule has 1 aromatic rings. The summed E-state index contributed by atoms with van der Waals surface area (Å²) in [6.45, 7) is 4.61. The third-order valence-electron chi connectivity index (χ3n) is 2.54. The van der Waals surface area contributed by atoms with Crippen molar-refractivity contribution in [2.45, 2.75) is 31.6 Å². The average Bonchev–Trinajstić information content (AvgIpc) is 2.38. The van der Waals surface area contributed by atoms with E-state index in [1.54, 1.807) is 0 Å². The van der Waals surface area contributed by atoms with Gasteiger partial charge >= 0.3 is 5.97 Å². The van der Waals surface area contributed by atoms with Crippen molar-refractivity contribution < 1.29 is 18.3 Å². The molecule has 6 nitrogen and oxygen atoms in total. The molecule has 0 unspecified atom stereocenters. The molecule has 0 amide bonds. The number of sulfonamides is 1. The maximum absolute atomic E-state index is 12.4. The van der Waals surface area contributed by atoms with Crippen LogP contribution in [0.3, 0.4) is 0 Å². The molecule has 0 aliphatic heterocycles. The van der Waals surface area contributed by atoms with E-state index >= 15 is 0 Å². The Labute approximate surface area is 113 Å². The van der Waals surface area contributed by atoms with Crippen molar-refractivity contribution in [3.63, 3.8) is 0 Å². The summed E-state index contributed by atoms with van der Waals surface area (Å²) >= 11 is 0. The van der Waals surface area contributed by atoms with Gasteiger partial charge in [0.05, 0.1) is 5.56 Å². The van der Waals surface area contributed by atoms with E-state index in [2.05, 4.69) is 4.98 Å². The van der Waals surface area contributed by atoms with E-state index in [0.29, 0.717) is 25.9 Å². The van der Waals surface area contributed by atoms with Crippen LogP contribution in [0.2, 0.25) is 0 Å². The van der Waals surface area contributed by atoms with Crippen molar-refractivity contribution in [3.05, 3.63) is 24.0 Å². The summed E-state index contributed by atoms with van der Waals surface area (Å²) in [6, 6.07) is 1.14. The van der Waals surface area contributed by atoms with E-state index in [1.165, 1.54) is 10.5 Å². The summed E-state index contributed by atoms with van der Waals surface area (Å²) in [5, 5.41) is 8.87. The van der Waals surface area contributed by atoms with Crippen LogP contribution in [0.25, 0.3) is 0 Å². The molecule has 0 aromatic carbocycles. The Bertz CT molecular complexity index is 536. The lowest BCUT2D eigenvalue weighted by atomic mass is 10.3. The lowest BCUT2D eigenvalue weighted by Gasteiger charge is -2.20. The lowest BCUT2D eigenvalue weighted by molar-refractivity contribution is 0.0696. The number of rotatable bonds is 7. The summed E-state index contributed by atoms with van der Waals surface area (Å²) in [5.41, 5.74) is -0.131. The topological polar surface area (TPSA) is 87.6 Å². The molecule has 0 saturated carbocycles. The Hall–Kier alpha value is -1.47. The molecular formula is C12H18N2O4S. The highest BCUT2D eigenvalue weighted by atomic mass is 32.2. The van der Waals surface area contributed by atoms with E-state index in [9.17, 15) is 13.2 Å². The fourth-order valence-electron chi connectivity index (χ4n) is 1.68. The van der Waals surface area contributed by atoms with Crippen LogP contribution in [0.4, 0.5) is 0 Å². The van der Waals surface area contributed by atoms with Crippen molar-refractivity contribution in [1.82, 2.24) is 9.29 Å². The van der Waals surface area contributed by atoms with E-state index in [4.69, 9.17) is 5.11 Å². The van der Waals surface area contributed by atoms with Crippen molar-refractivity contribution in [3.8, 4) is 0 Å².